The average Bonchev–Trinajstić information content (AvgIpc) is 2.96. The number of aromatic nitrogens is 2. The molecule has 0 fully saturated rings. The van der Waals surface area contributed by atoms with Crippen LogP contribution in [0, 0.1) is 0 Å². The van der Waals surface area contributed by atoms with Crippen molar-refractivity contribution in [2.24, 2.45) is 5.84 Å². The van der Waals surface area contributed by atoms with Crippen molar-refractivity contribution < 1.29 is 9.47 Å². The topological polar surface area (TPSA) is 74.3 Å². The lowest BCUT2D eigenvalue weighted by Crippen LogP contribution is -2.31. The van der Waals surface area contributed by atoms with Gasteiger partial charge in [-0.15, -0.1) is 0 Å². The molecule has 0 aliphatic rings. The summed E-state index contributed by atoms with van der Waals surface area (Å²) >= 11 is 0. The molecule has 1 aromatic carbocycles. The predicted octanol–water partition coefficient (Wildman–Crippen LogP) is 1.47. The van der Waals surface area contributed by atoms with E-state index >= 15 is 0 Å². The van der Waals surface area contributed by atoms with E-state index in [0.717, 1.165) is 29.4 Å². The van der Waals surface area contributed by atoms with Crippen molar-refractivity contribution in [3.05, 3.63) is 42.0 Å². The van der Waals surface area contributed by atoms with E-state index in [9.17, 15) is 0 Å². The van der Waals surface area contributed by atoms with Gasteiger partial charge in [-0.2, -0.15) is 0 Å². The first kappa shape index (κ1) is 14.4. The Labute approximate surface area is 118 Å². The molecule has 0 spiro atoms. The second-order valence-corrected chi connectivity index (χ2v) is 4.28. The zero-order chi connectivity index (χ0) is 14.5. The number of hydrazine groups is 1. The van der Waals surface area contributed by atoms with Crippen LogP contribution in [-0.2, 0) is 6.54 Å². The minimum absolute atomic E-state index is 0.269. The van der Waals surface area contributed by atoms with Crippen LogP contribution in [0.25, 0.3) is 0 Å². The van der Waals surface area contributed by atoms with Gasteiger partial charge in [0.2, 0.25) is 0 Å². The van der Waals surface area contributed by atoms with Crippen molar-refractivity contribution >= 4 is 0 Å². The Morgan fingerprint density at radius 3 is 2.75 bits per heavy atom. The lowest BCUT2D eigenvalue weighted by Gasteiger charge is -2.20. The largest absolute Gasteiger partial charge is 0.497 e. The van der Waals surface area contributed by atoms with Crippen LogP contribution >= 0.6 is 0 Å². The first-order valence-electron chi connectivity index (χ1n) is 6.44. The molecule has 0 amide bonds. The fourth-order valence-electron chi connectivity index (χ4n) is 2.22. The van der Waals surface area contributed by atoms with Crippen LogP contribution < -0.4 is 20.7 Å². The summed E-state index contributed by atoms with van der Waals surface area (Å²) < 4.78 is 12.7. The smallest absolute Gasteiger partial charge is 0.131 e. The summed E-state index contributed by atoms with van der Waals surface area (Å²) in [4.78, 5) is 4.39. The monoisotopic (exact) mass is 276 g/mol. The summed E-state index contributed by atoms with van der Waals surface area (Å²) in [6.07, 6.45) is 3.68. The lowest BCUT2D eigenvalue weighted by atomic mass is 10.0. The molecule has 1 atom stereocenters. The summed E-state index contributed by atoms with van der Waals surface area (Å²) in [5.41, 5.74) is 3.69. The van der Waals surface area contributed by atoms with Gasteiger partial charge < -0.3 is 14.0 Å². The minimum Gasteiger partial charge on any atom is -0.497 e. The third kappa shape index (κ3) is 2.61. The number of hydrogen-bond acceptors (Lipinski definition) is 5. The Kier molecular flexibility index (Phi) is 4.60. The summed E-state index contributed by atoms with van der Waals surface area (Å²) in [5, 5.41) is 0. The van der Waals surface area contributed by atoms with Gasteiger partial charge >= 0.3 is 0 Å². The van der Waals surface area contributed by atoms with E-state index in [-0.39, 0.29) is 6.04 Å². The molecule has 2 aromatic rings. The molecular weight excluding hydrogens is 256 g/mol. The quantitative estimate of drug-likeness (QED) is 0.617. The molecule has 0 bridgehead atoms. The SMILES string of the molecule is CCn1ccnc1C(NN)c1cc(OC)ccc1OC. The highest BCUT2D eigenvalue weighted by Crippen LogP contribution is 2.32. The van der Waals surface area contributed by atoms with E-state index in [4.69, 9.17) is 15.3 Å². The molecule has 3 N–H and O–H groups in total. The molecular formula is C14H20N4O2. The van der Waals surface area contributed by atoms with Crippen LogP contribution in [0.2, 0.25) is 0 Å². The van der Waals surface area contributed by atoms with E-state index in [2.05, 4.69) is 17.3 Å². The molecule has 2 rings (SSSR count). The molecule has 6 heteroatoms. The predicted molar refractivity (Wildman–Crippen MR) is 76.6 cm³/mol. The van der Waals surface area contributed by atoms with Gasteiger partial charge in [-0.05, 0) is 25.1 Å². The van der Waals surface area contributed by atoms with Crippen molar-refractivity contribution in [2.45, 2.75) is 19.5 Å². The molecule has 1 unspecified atom stereocenters. The van der Waals surface area contributed by atoms with Crippen LogP contribution in [-0.4, -0.2) is 23.8 Å². The Hall–Kier alpha value is -2.05. The van der Waals surface area contributed by atoms with Gasteiger partial charge in [-0.1, -0.05) is 0 Å². The van der Waals surface area contributed by atoms with Crippen molar-refractivity contribution in [3.63, 3.8) is 0 Å². The number of rotatable bonds is 6. The Morgan fingerprint density at radius 2 is 2.15 bits per heavy atom. The number of ether oxygens (including phenoxy) is 2. The van der Waals surface area contributed by atoms with Gasteiger partial charge in [-0.25, -0.2) is 10.4 Å². The number of benzene rings is 1. The third-order valence-electron chi connectivity index (χ3n) is 3.26. The van der Waals surface area contributed by atoms with E-state index in [0.29, 0.717) is 0 Å². The van der Waals surface area contributed by atoms with E-state index in [1.54, 1.807) is 20.4 Å². The van der Waals surface area contributed by atoms with E-state index in [1.165, 1.54) is 0 Å². The Bertz CT molecular complexity index is 568. The number of nitrogens with two attached hydrogens (primary N) is 1. The molecule has 0 aliphatic heterocycles. The summed E-state index contributed by atoms with van der Waals surface area (Å²) in [5.74, 6) is 8.05. The zero-order valence-electron chi connectivity index (χ0n) is 12.0. The van der Waals surface area contributed by atoms with Crippen LogP contribution in [0.15, 0.2) is 30.6 Å². The number of imidazole rings is 1. The molecule has 108 valence electrons. The highest BCUT2D eigenvalue weighted by atomic mass is 16.5. The number of aryl methyl sites for hydroxylation is 1. The standard InChI is InChI=1S/C14H20N4O2/c1-4-18-8-7-16-14(18)13(17-15)11-9-10(19-2)5-6-12(11)20-3/h5-9,13,17H,4,15H2,1-3H3. The molecule has 1 heterocycles. The first-order valence-corrected chi connectivity index (χ1v) is 6.44. The highest BCUT2D eigenvalue weighted by molar-refractivity contribution is 5.44. The minimum atomic E-state index is -0.269. The molecule has 0 saturated carbocycles. The molecule has 0 saturated heterocycles. The highest BCUT2D eigenvalue weighted by Gasteiger charge is 2.21. The molecule has 1 aromatic heterocycles. The molecule has 6 nitrogen and oxygen atoms in total. The van der Waals surface area contributed by atoms with Crippen molar-refractivity contribution in [1.82, 2.24) is 15.0 Å². The maximum Gasteiger partial charge on any atom is 0.131 e. The lowest BCUT2D eigenvalue weighted by molar-refractivity contribution is 0.392. The van der Waals surface area contributed by atoms with E-state index < -0.39 is 0 Å². The normalized spacial score (nSPS) is 12.2. The van der Waals surface area contributed by atoms with Crippen LogP contribution in [0.5, 0.6) is 11.5 Å². The van der Waals surface area contributed by atoms with Crippen molar-refractivity contribution in [1.29, 1.82) is 0 Å². The number of methoxy groups -OCH3 is 2. The average molecular weight is 276 g/mol. The molecule has 0 radical (unpaired) electrons. The Morgan fingerprint density at radius 1 is 1.35 bits per heavy atom. The van der Waals surface area contributed by atoms with Gasteiger partial charge in [0.1, 0.15) is 23.4 Å². The van der Waals surface area contributed by atoms with Crippen molar-refractivity contribution in [2.75, 3.05) is 14.2 Å². The summed E-state index contributed by atoms with van der Waals surface area (Å²) in [6.45, 7) is 2.88. The maximum atomic E-state index is 5.74. The second-order valence-electron chi connectivity index (χ2n) is 4.28. The fraction of sp³-hybridized carbons (Fsp3) is 0.357. The fourth-order valence-corrected chi connectivity index (χ4v) is 2.22. The van der Waals surface area contributed by atoms with Gasteiger partial charge in [0, 0.05) is 24.5 Å². The summed E-state index contributed by atoms with van der Waals surface area (Å²) in [6, 6.07) is 5.34. The first-order chi connectivity index (χ1) is 9.74. The molecule has 0 aliphatic carbocycles. The Balaban J connectivity index is 2.50. The van der Waals surface area contributed by atoms with Gasteiger partial charge in [0.25, 0.3) is 0 Å². The maximum absolute atomic E-state index is 5.74. The van der Waals surface area contributed by atoms with E-state index in [1.807, 2.05) is 29.0 Å². The second kappa shape index (κ2) is 6.40. The third-order valence-corrected chi connectivity index (χ3v) is 3.26. The van der Waals surface area contributed by atoms with Crippen LogP contribution in [0.1, 0.15) is 24.4 Å². The summed E-state index contributed by atoms with van der Waals surface area (Å²) in [7, 11) is 3.26. The van der Waals surface area contributed by atoms with Crippen LogP contribution in [0.4, 0.5) is 0 Å². The van der Waals surface area contributed by atoms with Gasteiger partial charge in [0.05, 0.1) is 14.2 Å². The number of hydrogen-bond donors (Lipinski definition) is 2. The molecule has 20 heavy (non-hydrogen) atoms. The van der Waals surface area contributed by atoms with Crippen molar-refractivity contribution in [3.8, 4) is 11.5 Å². The van der Waals surface area contributed by atoms with Gasteiger partial charge in [0.15, 0.2) is 0 Å². The van der Waals surface area contributed by atoms with Crippen LogP contribution in [0.3, 0.4) is 0 Å². The number of nitrogens with zero attached hydrogens (tertiary/aromatic N) is 2. The van der Waals surface area contributed by atoms with Gasteiger partial charge in [-0.3, -0.25) is 5.84 Å². The zero-order valence-corrected chi connectivity index (χ0v) is 12.0. The number of nitrogens with one attached hydrogen (secondary N) is 1.